The van der Waals surface area contributed by atoms with Gasteiger partial charge in [-0.3, -0.25) is 24.2 Å². The first-order valence-corrected chi connectivity index (χ1v) is 12.9. The minimum absolute atomic E-state index is 0.0706. The van der Waals surface area contributed by atoms with Gasteiger partial charge >= 0.3 is 0 Å². The fourth-order valence-electron chi connectivity index (χ4n) is 5.48. The summed E-state index contributed by atoms with van der Waals surface area (Å²) in [4.78, 5) is 41.6. The van der Waals surface area contributed by atoms with Gasteiger partial charge in [-0.15, -0.1) is 0 Å². The third kappa shape index (κ3) is 6.71. The lowest BCUT2D eigenvalue weighted by Crippen LogP contribution is -2.55. The van der Waals surface area contributed by atoms with Crippen LogP contribution in [0, 0.1) is 5.92 Å². The summed E-state index contributed by atoms with van der Waals surface area (Å²) in [6.45, 7) is 6.07. The monoisotopic (exact) mass is 491 g/mol. The van der Waals surface area contributed by atoms with Crippen molar-refractivity contribution in [2.45, 2.75) is 51.2 Å². The Morgan fingerprint density at radius 2 is 1.61 bits per heavy atom. The zero-order chi connectivity index (χ0) is 25.5. The van der Waals surface area contributed by atoms with Crippen molar-refractivity contribution >= 4 is 23.4 Å². The zero-order valence-electron chi connectivity index (χ0n) is 21.0. The van der Waals surface area contributed by atoms with E-state index in [0.717, 1.165) is 64.1 Å². The molecule has 192 valence electrons. The number of carbonyl (C=O) groups is 3. The van der Waals surface area contributed by atoms with Gasteiger partial charge in [0.15, 0.2) is 0 Å². The minimum atomic E-state index is -0.810. The van der Waals surface area contributed by atoms with Crippen LogP contribution in [0.25, 0.3) is 0 Å². The predicted octanol–water partition coefficient (Wildman–Crippen LogP) is 2.66. The number of piperazine rings is 1. The number of anilines is 1. The maximum Gasteiger partial charge on any atom is 0.244 e. The lowest BCUT2D eigenvalue weighted by Gasteiger charge is -2.44. The fraction of sp³-hybridized carbons (Fsp3) is 0.464. The second-order valence-corrected chi connectivity index (χ2v) is 9.90. The van der Waals surface area contributed by atoms with E-state index < -0.39 is 11.9 Å². The first kappa shape index (κ1) is 25.9. The Hall–Kier alpha value is -3.23. The van der Waals surface area contributed by atoms with Gasteiger partial charge in [-0.1, -0.05) is 55.3 Å². The molecule has 0 spiro atoms. The highest BCUT2D eigenvalue weighted by molar-refractivity contribution is 5.89. The van der Waals surface area contributed by atoms with Crippen LogP contribution in [0.3, 0.4) is 0 Å². The molecular weight excluding hydrogens is 454 g/mol. The van der Waals surface area contributed by atoms with Crippen LogP contribution in [0.2, 0.25) is 0 Å². The standard InChI is InChI=1S/C28H37N5O3/c1-20(34)30-23-13-11-21(12-14-23)19-32-15-17-33(18-16-32)25-10-6-5-9-24(25)28(36)31-26(27(29)35)22-7-3-2-4-8-22/h2-4,7-8,11-14,24-26H,5-6,9-10,15-19H2,1H3,(H2,29,35)(H,30,34)(H,31,36)/t24-,25-,26+/m1/s1. The van der Waals surface area contributed by atoms with Crippen LogP contribution >= 0.6 is 0 Å². The number of primary amides is 1. The Bertz CT molecular complexity index is 1030. The molecule has 0 bridgehead atoms. The second-order valence-electron chi connectivity index (χ2n) is 9.90. The quantitative estimate of drug-likeness (QED) is 0.526. The van der Waals surface area contributed by atoms with Crippen LogP contribution in [-0.2, 0) is 20.9 Å². The van der Waals surface area contributed by atoms with Crippen LogP contribution in [0.4, 0.5) is 5.69 Å². The first-order chi connectivity index (χ1) is 17.4. The van der Waals surface area contributed by atoms with Crippen molar-refractivity contribution in [1.29, 1.82) is 0 Å². The number of amides is 3. The Labute approximate surface area is 213 Å². The Balaban J connectivity index is 1.33. The van der Waals surface area contributed by atoms with Gasteiger partial charge in [0.1, 0.15) is 6.04 Å². The number of hydrogen-bond acceptors (Lipinski definition) is 5. The van der Waals surface area contributed by atoms with Crippen LogP contribution in [-0.4, -0.2) is 59.7 Å². The van der Waals surface area contributed by atoms with E-state index in [9.17, 15) is 14.4 Å². The van der Waals surface area contributed by atoms with Crippen molar-refractivity contribution in [1.82, 2.24) is 15.1 Å². The van der Waals surface area contributed by atoms with Gasteiger partial charge in [-0.25, -0.2) is 0 Å². The van der Waals surface area contributed by atoms with Crippen LogP contribution < -0.4 is 16.4 Å². The predicted molar refractivity (Wildman–Crippen MR) is 140 cm³/mol. The topological polar surface area (TPSA) is 108 Å². The molecule has 1 aliphatic carbocycles. The lowest BCUT2D eigenvalue weighted by atomic mass is 9.82. The van der Waals surface area contributed by atoms with Crippen molar-refractivity contribution < 1.29 is 14.4 Å². The number of carbonyl (C=O) groups excluding carboxylic acids is 3. The molecule has 36 heavy (non-hydrogen) atoms. The molecule has 0 unspecified atom stereocenters. The molecule has 1 heterocycles. The summed E-state index contributed by atoms with van der Waals surface area (Å²) in [6, 6.07) is 16.6. The van der Waals surface area contributed by atoms with E-state index in [1.54, 1.807) is 0 Å². The van der Waals surface area contributed by atoms with Crippen molar-refractivity contribution in [2.75, 3.05) is 31.5 Å². The SMILES string of the molecule is CC(=O)Nc1ccc(CN2CCN([C@@H]3CCCC[C@H]3C(=O)N[C@H](C(N)=O)c3ccccc3)CC2)cc1. The maximum atomic E-state index is 13.4. The molecule has 2 aliphatic rings. The third-order valence-corrected chi connectivity index (χ3v) is 7.33. The zero-order valence-corrected chi connectivity index (χ0v) is 21.0. The first-order valence-electron chi connectivity index (χ1n) is 12.9. The van der Waals surface area contributed by atoms with E-state index in [-0.39, 0.29) is 23.8 Å². The van der Waals surface area contributed by atoms with Gasteiger partial charge in [0.25, 0.3) is 0 Å². The van der Waals surface area contributed by atoms with Gasteiger partial charge in [0.2, 0.25) is 17.7 Å². The smallest absolute Gasteiger partial charge is 0.244 e. The molecule has 2 fully saturated rings. The summed E-state index contributed by atoms with van der Waals surface area (Å²) < 4.78 is 0. The maximum absolute atomic E-state index is 13.4. The van der Waals surface area contributed by atoms with Gasteiger partial charge < -0.3 is 16.4 Å². The molecular formula is C28H37N5O3. The van der Waals surface area contributed by atoms with E-state index in [1.165, 1.54) is 12.5 Å². The van der Waals surface area contributed by atoms with Gasteiger partial charge in [0.05, 0.1) is 5.92 Å². The van der Waals surface area contributed by atoms with Crippen LogP contribution in [0.15, 0.2) is 54.6 Å². The number of benzene rings is 2. The molecule has 0 aromatic heterocycles. The lowest BCUT2D eigenvalue weighted by molar-refractivity contribution is -0.133. The average Bonchev–Trinajstić information content (AvgIpc) is 2.89. The Morgan fingerprint density at radius 1 is 0.944 bits per heavy atom. The molecule has 8 heteroatoms. The molecule has 1 saturated carbocycles. The largest absolute Gasteiger partial charge is 0.368 e. The number of nitrogens with zero attached hydrogens (tertiary/aromatic N) is 2. The molecule has 0 radical (unpaired) electrons. The van der Waals surface area contributed by atoms with Crippen molar-refractivity contribution in [3.05, 3.63) is 65.7 Å². The molecule has 8 nitrogen and oxygen atoms in total. The summed E-state index contributed by atoms with van der Waals surface area (Å²) in [5.74, 6) is -0.828. The highest BCUT2D eigenvalue weighted by Gasteiger charge is 2.37. The molecule has 3 atom stereocenters. The summed E-state index contributed by atoms with van der Waals surface area (Å²) in [6.07, 6.45) is 3.97. The van der Waals surface area contributed by atoms with Crippen LogP contribution in [0.1, 0.15) is 49.8 Å². The fourth-order valence-corrected chi connectivity index (χ4v) is 5.48. The highest BCUT2D eigenvalue weighted by atomic mass is 16.2. The normalized spacial score (nSPS) is 21.9. The molecule has 4 N–H and O–H groups in total. The Kier molecular flexibility index (Phi) is 8.72. The number of hydrogen-bond donors (Lipinski definition) is 3. The summed E-state index contributed by atoms with van der Waals surface area (Å²) >= 11 is 0. The highest BCUT2D eigenvalue weighted by Crippen LogP contribution is 2.30. The summed E-state index contributed by atoms with van der Waals surface area (Å²) in [5, 5.41) is 5.75. The average molecular weight is 492 g/mol. The van der Waals surface area contributed by atoms with Crippen molar-refractivity contribution in [2.24, 2.45) is 11.7 Å². The molecule has 1 saturated heterocycles. The van der Waals surface area contributed by atoms with E-state index in [0.29, 0.717) is 5.56 Å². The van der Waals surface area contributed by atoms with Gasteiger partial charge in [0, 0.05) is 51.4 Å². The summed E-state index contributed by atoms with van der Waals surface area (Å²) in [5.41, 5.74) is 8.38. The molecule has 2 aromatic rings. The van der Waals surface area contributed by atoms with E-state index in [1.807, 2.05) is 42.5 Å². The van der Waals surface area contributed by atoms with E-state index >= 15 is 0 Å². The van der Waals surface area contributed by atoms with Gasteiger partial charge in [-0.05, 0) is 36.1 Å². The summed E-state index contributed by atoms with van der Waals surface area (Å²) in [7, 11) is 0. The van der Waals surface area contributed by atoms with E-state index in [4.69, 9.17) is 5.73 Å². The Morgan fingerprint density at radius 3 is 2.25 bits per heavy atom. The molecule has 2 aromatic carbocycles. The molecule has 4 rings (SSSR count). The number of rotatable bonds is 8. The second kappa shape index (κ2) is 12.1. The number of nitrogens with one attached hydrogen (secondary N) is 2. The molecule has 3 amide bonds. The van der Waals surface area contributed by atoms with E-state index in [2.05, 4.69) is 32.6 Å². The van der Waals surface area contributed by atoms with Crippen LogP contribution in [0.5, 0.6) is 0 Å². The van der Waals surface area contributed by atoms with Crippen molar-refractivity contribution in [3.8, 4) is 0 Å². The van der Waals surface area contributed by atoms with Gasteiger partial charge in [-0.2, -0.15) is 0 Å². The number of nitrogens with two attached hydrogens (primary N) is 1. The van der Waals surface area contributed by atoms with Crippen molar-refractivity contribution in [3.63, 3.8) is 0 Å². The third-order valence-electron chi connectivity index (χ3n) is 7.33. The molecule has 1 aliphatic heterocycles. The minimum Gasteiger partial charge on any atom is -0.368 e.